The fraction of sp³-hybridized carbons (Fsp3) is 0.727. The minimum absolute atomic E-state index is 0.0619. The van der Waals surface area contributed by atoms with Crippen molar-refractivity contribution in [1.82, 2.24) is 0 Å². The summed E-state index contributed by atoms with van der Waals surface area (Å²) in [6.45, 7) is 11.3. The van der Waals surface area contributed by atoms with Gasteiger partial charge in [0.15, 0.2) is 5.71 Å². The van der Waals surface area contributed by atoms with E-state index in [0.29, 0.717) is 0 Å². The first-order chi connectivity index (χ1) is 8.44. The van der Waals surface area contributed by atoms with E-state index in [9.17, 15) is 9.59 Å². The third-order valence-corrected chi connectivity index (χ3v) is 3.21. The molecule has 6 nitrogen and oxygen atoms in total. The van der Waals surface area contributed by atoms with Crippen LogP contribution in [0.5, 0.6) is 0 Å². The van der Waals surface area contributed by atoms with Gasteiger partial charge in [0.25, 0.3) is 5.97 Å². The van der Waals surface area contributed by atoms with Gasteiger partial charge in [0, 0.05) is 0 Å². The maximum absolute atomic E-state index is 11.9. The van der Waals surface area contributed by atoms with Gasteiger partial charge in [-0.15, -0.1) is 0 Å². The van der Waals surface area contributed by atoms with Crippen molar-refractivity contribution in [3.05, 3.63) is 0 Å². The number of hydrogen-bond acceptors (Lipinski definition) is 6. The molecule has 0 unspecified atom stereocenters. The third kappa shape index (κ3) is 9.42. The molecule has 0 aromatic heterocycles. The molecule has 0 amide bonds. The van der Waals surface area contributed by atoms with Gasteiger partial charge in [-0.3, -0.25) is 4.79 Å². The molecule has 0 bridgehead atoms. The molecule has 0 heterocycles. The lowest BCUT2D eigenvalue weighted by atomic mass is 10.3. The normalized spacial score (nSPS) is 12.9. The molecule has 0 saturated carbocycles. The Morgan fingerprint density at radius 1 is 0.947 bits per heavy atom. The molecule has 0 spiro atoms. The predicted octanol–water partition coefficient (Wildman–Crippen LogP) is 2.14. The minimum atomic E-state index is -2.04. The van der Waals surface area contributed by atoms with Crippen molar-refractivity contribution in [3.8, 4) is 0 Å². The number of oxime groups is 1. The van der Waals surface area contributed by atoms with E-state index in [-0.39, 0.29) is 12.1 Å². The Morgan fingerprint density at radius 2 is 1.42 bits per heavy atom. The van der Waals surface area contributed by atoms with Gasteiger partial charge in [-0.05, 0) is 39.3 Å². The van der Waals surface area contributed by atoms with Gasteiger partial charge < -0.3 is 13.7 Å². The van der Waals surface area contributed by atoms with Crippen LogP contribution in [0.3, 0.4) is 0 Å². The van der Waals surface area contributed by atoms with Gasteiger partial charge in [0.2, 0.25) is 16.6 Å². The quantitative estimate of drug-likeness (QED) is 0.427. The average molecular weight is 305 g/mol. The lowest BCUT2D eigenvalue weighted by molar-refractivity contribution is -0.135. The Bertz CT molecular complexity index is 368. The van der Waals surface area contributed by atoms with Crippen molar-refractivity contribution in [2.24, 2.45) is 5.16 Å². The van der Waals surface area contributed by atoms with Crippen LogP contribution in [0, 0.1) is 0 Å². The maximum Gasteiger partial charge on any atom is 0.343 e. The van der Waals surface area contributed by atoms with E-state index in [2.05, 4.69) is 9.99 Å². The molecule has 0 aliphatic carbocycles. The second-order valence-corrected chi connectivity index (χ2v) is 14.8. The summed E-state index contributed by atoms with van der Waals surface area (Å²) in [5, 5.41) is 3.56. The summed E-state index contributed by atoms with van der Waals surface area (Å²) in [6, 6.07) is 0. The van der Waals surface area contributed by atoms with Gasteiger partial charge in [-0.25, -0.2) is 4.79 Å². The minimum Gasteiger partial charge on any atom is -0.520 e. The van der Waals surface area contributed by atoms with E-state index < -0.39 is 28.6 Å². The Labute approximate surface area is 116 Å². The molecule has 0 aromatic rings. The van der Waals surface area contributed by atoms with E-state index in [0.717, 1.165) is 0 Å². The van der Waals surface area contributed by atoms with E-state index in [1.165, 1.54) is 7.11 Å². The van der Waals surface area contributed by atoms with Crippen LogP contribution in [0.1, 0.15) is 6.42 Å². The Morgan fingerprint density at radius 3 is 1.79 bits per heavy atom. The Balaban J connectivity index is 4.73. The molecule has 0 rings (SSSR count). The molecule has 110 valence electrons. The van der Waals surface area contributed by atoms with Gasteiger partial charge in [0.1, 0.15) is 7.11 Å². The van der Waals surface area contributed by atoms with Crippen LogP contribution >= 0.6 is 0 Å². The predicted molar refractivity (Wildman–Crippen MR) is 77.9 cm³/mol. The van der Waals surface area contributed by atoms with Gasteiger partial charge >= 0.3 is 5.97 Å². The van der Waals surface area contributed by atoms with Crippen LogP contribution in [-0.2, 0) is 23.3 Å². The number of hydrogen-bond donors (Lipinski definition) is 0. The summed E-state index contributed by atoms with van der Waals surface area (Å²) < 4.78 is 10.5. The van der Waals surface area contributed by atoms with Crippen molar-refractivity contribution in [2.45, 2.75) is 45.7 Å². The molecule has 0 radical (unpaired) electrons. The zero-order valence-corrected chi connectivity index (χ0v) is 14.7. The van der Waals surface area contributed by atoms with Crippen molar-refractivity contribution >= 4 is 34.3 Å². The fourth-order valence-corrected chi connectivity index (χ4v) is 2.53. The highest BCUT2D eigenvalue weighted by atomic mass is 28.4. The van der Waals surface area contributed by atoms with Crippen LogP contribution in [-0.4, -0.2) is 41.4 Å². The highest BCUT2D eigenvalue weighted by molar-refractivity contribution is 6.73. The molecule has 0 atom stereocenters. The molecular formula is C11H23NO5Si2. The number of carbonyl (C=O) groups excluding carboxylic acids is 2. The SMILES string of the molecule is CON=C(CC(=O)O[Si](C)(C)C)C(=O)O[Si](C)(C)C. The summed E-state index contributed by atoms with van der Waals surface area (Å²) >= 11 is 0. The lowest BCUT2D eigenvalue weighted by Crippen LogP contribution is -2.36. The molecule has 0 fully saturated rings. The molecular weight excluding hydrogens is 282 g/mol. The average Bonchev–Trinajstić information content (AvgIpc) is 2.10. The van der Waals surface area contributed by atoms with E-state index in [1.807, 2.05) is 39.3 Å². The van der Waals surface area contributed by atoms with E-state index in [4.69, 9.17) is 8.85 Å². The Hall–Kier alpha value is -1.16. The van der Waals surface area contributed by atoms with Gasteiger partial charge in [-0.1, -0.05) is 5.16 Å². The fourth-order valence-electron chi connectivity index (χ4n) is 1.10. The number of nitrogens with zero attached hydrogens (tertiary/aromatic N) is 1. The van der Waals surface area contributed by atoms with Crippen LogP contribution in [0.25, 0.3) is 0 Å². The molecule has 0 saturated heterocycles. The highest BCUT2D eigenvalue weighted by Crippen LogP contribution is 2.08. The topological polar surface area (TPSA) is 74.2 Å². The van der Waals surface area contributed by atoms with Crippen molar-refractivity contribution < 1.29 is 23.3 Å². The summed E-state index contributed by atoms with van der Waals surface area (Å²) in [5.74, 6) is -1.10. The second-order valence-electron chi connectivity index (χ2n) is 5.99. The standard InChI is InChI=1S/C11H23NO5Si2/c1-15-12-9(11(14)17-19(5,6)7)8-10(13)16-18(2,3)4/h8H2,1-7H3. The van der Waals surface area contributed by atoms with E-state index in [1.54, 1.807) is 0 Å². The zero-order chi connectivity index (χ0) is 15.3. The van der Waals surface area contributed by atoms with Gasteiger partial charge in [-0.2, -0.15) is 0 Å². The lowest BCUT2D eigenvalue weighted by Gasteiger charge is -2.19. The largest absolute Gasteiger partial charge is 0.520 e. The number of carbonyl (C=O) groups is 2. The van der Waals surface area contributed by atoms with Crippen LogP contribution in [0.4, 0.5) is 0 Å². The van der Waals surface area contributed by atoms with Crippen LogP contribution in [0.15, 0.2) is 5.16 Å². The first kappa shape index (κ1) is 17.8. The van der Waals surface area contributed by atoms with Crippen LogP contribution in [0.2, 0.25) is 39.3 Å². The smallest absolute Gasteiger partial charge is 0.343 e. The summed E-state index contributed by atoms with van der Waals surface area (Å²) in [4.78, 5) is 28.1. The van der Waals surface area contributed by atoms with Crippen molar-refractivity contribution in [3.63, 3.8) is 0 Å². The highest BCUT2D eigenvalue weighted by Gasteiger charge is 2.28. The maximum atomic E-state index is 11.9. The van der Waals surface area contributed by atoms with E-state index >= 15 is 0 Å². The summed E-state index contributed by atoms with van der Waals surface area (Å²) in [6.07, 6.45) is -0.235. The van der Waals surface area contributed by atoms with Crippen LogP contribution < -0.4 is 0 Å². The molecule has 0 aliphatic heterocycles. The number of rotatable bonds is 6. The monoisotopic (exact) mass is 305 g/mol. The molecule has 0 aliphatic rings. The molecule has 8 heteroatoms. The molecule has 0 aromatic carbocycles. The second kappa shape index (κ2) is 6.85. The third-order valence-electron chi connectivity index (χ3n) is 1.57. The first-order valence-electron chi connectivity index (χ1n) is 6.00. The molecule has 19 heavy (non-hydrogen) atoms. The summed E-state index contributed by atoms with van der Waals surface area (Å²) in [5.41, 5.74) is -0.0619. The first-order valence-corrected chi connectivity index (χ1v) is 12.8. The summed E-state index contributed by atoms with van der Waals surface area (Å²) in [7, 11) is -2.71. The van der Waals surface area contributed by atoms with Crippen molar-refractivity contribution in [1.29, 1.82) is 0 Å². The van der Waals surface area contributed by atoms with Crippen molar-refractivity contribution in [2.75, 3.05) is 7.11 Å². The van der Waals surface area contributed by atoms with Gasteiger partial charge in [0.05, 0.1) is 6.42 Å². The molecule has 0 N–H and O–H groups in total. The zero-order valence-electron chi connectivity index (χ0n) is 12.7. The Kier molecular flexibility index (Phi) is 6.43.